The van der Waals surface area contributed by atoms with E-state index >= 15 is 0 Å². The van der Waals surface area contributed by atoms with Gasteiger partial charge in [-0.1, -0.05) is 5.16 Å². The van der Waals surface area contributed by atoms with Crippen molar-refractivity contribution in [1.29, 1.82) is 0 Å². The first kappa shape index (κ1) is 13.6. The van der Waals surface area contributed by atoms with Crippen LogP contribution >= 0.6 is 15.9 Å². The highest BCUT2D eigenvalue weighted by atomic mass is 79.9. The first-order valence-corrected chi connectivity index (χ1v) is 5.92. The van der Waals surface area contributed by atoms with Crippen molar-refractivity contribution in [2.45, 2.75) is 19.3 Å². The summed E-state index contributed by atoms with van der Waals surface area (Å²) in [6.45, 7) is 0.537. The van der Waals surface area contributed by atoms with Crippen LogP contribution in [0.5, 0.6) is 0 Å². The number of unbranched alkanes of at least 4 members (excludes halogenated alkanes) is 1. The number of furan rings is 1. The van der Waals surface area contributed by atoms with Crippen molar-refractivity contribution < 1.29 is 14.4 Å². The fourth-order valence-electron chi connectivity index (χ4n) is 1.23. The minimum atomic E-state index is -0.186. The topological polar surface area (TPSA) is 101 Å². The Morgan fingerprint density at radius 3 is 2.94 bits per heavy atom. The van der Waals surface area contributed by atoms with Crippen LogP contribution in [0.1, 0.15) is 29.6 Å². The normalized spacial score (nSPS) is 11.5. The monoisotopic (exact) mass is 303 g/mol. The molecular weight excluding hydrogens is 290 g/mol. The molecule has 0 aliphatic heterocycles. The minimum absolute atomic E-state index is 0.186. The lowest BCUT2D eigenvalue weighted by Gasteiger charge is -2.03. The summed E-state index contributed by atoms with van der Waals surface area (Å²) in [4.78, 5) is 11.6. The van der Waals surface area contributed by atoms with Gasteiger partial charge < -0.3 is 20.7 Å². The molecule has 0 aliphatic carbocycles. The van der Waals surface area contributed by atoms with Crippen molar-refractivity contribution in [1.82, 2.24) is 5.32 Å². The third kappa shape index (κ3) is 4.48. The van der Waals surface area contributed by atoms with E-state index in [9.17, 15) is 4.79 Å². The molecule has 17 heavy (non-hydrogen) atoms. The molecule has 1 amide bonds. The van der Waals surface area contributed by atoms with Crippen molar-refractivity contribution in [2.75, 3.05) is 6.54 Å². The van der Waals surface area contributed by atoms with Crippen molar-refractivity contribution >= 4 is 27.7 Å². The Bertz CT molecular complexity index is 403. The average molecular weight is 304 g/mol. The van der Waals surface area contributed by atoms with Crippen LogP contribution in [0.2, 0.25) is 0 Å². The third-order valence-electron chi connectivity index (χ3n) is 2.14. The number of amidine groups is 1. The molecule has 7 heteroatoms. The van der Waals surface area contributed by atoms with Crippen LogP contribution in [0.15, 0.2) is 26.6 Å². The van der Waals surface area contributed by atoms with Gasteiger partial charge in [0.15, 0.2) is 4.67 Å². The number of amides is 1. The number of nitrogens with one attached hydrogen (secondary N) is 1. The Labute approximate surface area is 107 Å². The van der Waals surface area contributed by atoms with E-state index in [0.717, 1.165) is 12.8 Å². The highest BCUT2D eigenvalue weighted by Gasteiger charge is 2.11. The standard InChI is InChI=1S/C10H14BrN3O3/c11-9-7(4-6-17-9)10(15)13-5-2-1-3-8(12)14-16/h4,6,16H,1-3,5H2,(H2,12,14)(H,13,15). The highest BCUT2D eigenvalue weighted by molar-refractivity contribution is 9.10. The average Bonchev–Trinajstić information content (AvgIpc) is 2.74. The molecule has 0 saturated heterocycles. The zero-order chi connectivity index (χ0) is 12.7. The maximum absolute atomic E-state index is 11.6. The molecule has 0 saturated carbocycles. The first-order chi connectivity index (χ1) is 8.15. The van der Waals surface area contributed by atoms with E-state index in [1.165, 1.54) is 6.26 Å². The molecule has 6 nitrogen and oxygen atoms in total. The maximum atomic E-state index is 11.6. The van der Waals surface area contributed by atoms with Crippen LogP contribution in [0.25, 0.3) is 0 Å². The molecule has 0 aliphatic rings. The minimum Gasteiger partial charge on any atom is -0.457 e. The molecule has 0 radical (unpaired) electrons. The number of hydrogen-bond acceptors (Lipinski definition) is 4. The molecule has 0 bridgehead atoms. The molecule has 1 aromatic rings. The molecule has 0 spiro atoms. The molecule has 4 N–H and O–H groups in total. The van der Waals surface area contributed by atoms with Gasteiger partial charge in [0.25, 0.3) is 5.91 Å². The Hall–Kier alpha value is -1.50. The van der Waals surface area contributed by atoms with E-state index in [1.54, 1.807) is 6.07 Å². The van der Waals surface area contributed by atoms with Gasteiger partial charge in [0.05, 0.1) is 11.8 Å². The molecule has 0 fully saturated rings. The molecule has 1 heterocycles. The number of oxime groups is 1. The summed E-state index contributed by atoms with van der Waals surface area (Å²) in [6.07, 6.45) is 3.47. The summed E-state index contributed by atoms with van der Waals surface area (Å²) in [5.74, 6) is 0.0170. The van der Waals surface area contributed by atoms with Gasteiger partial charge >= 0.3 is 0 Å². The molecule has 0 atom stereocenters. The number of rotatable bonds is 6. The van der Waals surface area contributed by atoms with Crippen LogP contribution in [0, 0.1) is 0 Å². The quantitative estimate of drug-likeness (QED) is 0.245. The maximum Gasteiger partial charge on any atom is 0.255 e. The lowest BCUT2D eigenvalue weighted by atomic mass is 10.2. The van der Waals surface area contributed by atoms with Crippen LogP contribution < -0.4 is 11.1 Å². The van der Waals surface area contributed by atoms with Gasteiger partial charge in [0.2, 0.25) is 0 Å². The van der Waals surface area contributed by atoms with Crippen molar-refractivity contribution in [2.24, 2.45) is 10.9 Å². The number of carbonyl (C=O) groups is 1. The Kier molecular flexibility index (Phi) is 5.55. The highest BCUT2D eigenvalue weighted by Crippen LogP contribution is 2.16. The van der Waals surface area contributed by atoms with Gasteiger partial charge in [0, 0.05) is 13.0 Å². The van der Waals surface area contributed by atoms with Gasteiger partial charge in [-0.25, -0.2) is 0 Å². The molecule has 1 aromatic heterocycles. The van der Waals surface area contributed by atoms with Crippen molar-refractivity contribution in [3.05, 3.63) is 22.6 Å². The molecule has 0 unspecified atom stereocenters. The summed E-state index contributed by atoms with van der Waals surface area (Å²) in [6, 6.07) is 1.59. The third-order valence-corrected chi connectivity index (χ3v) is 2.75. The first-order valence-electron chi connectivity index (χ1n) is 5.12. The summed E-state index contributed by atoms with van der Waals surface area (Å²) in [5.41, 5.74) is 5.78. The zero-order valence-electron chi connectivity index (χ0n) is 9.15. The van der Waals surface area contributed by atoms with Gasteiger partial charge in [-0.05, 0) is 34.8 Å². The number of nitrogens with zero attached hydrogens (tertiary/aromatic N) is 1. The van der Waals surface area contributed by atoms with Crippen LogP contribution in [-0.2, 0) is 0 Å². The lowest BCUT2D eigenvalue weighted by molar-refractivity contribution is 0.0951. The SMILES string of the molecule is N/C(CCCCNC(=O)c1ccoc1Br)=N/O. The van der Waals surface area contributed by atoms with E-state index < -0.39 is 0 Å². The summed E-state index contributed by atoms with van der Waals surface area (Å²) >= 11 is 3.13. The fourth-order valence-corrected chi connectivity index (χ4v) is 1.65. The second-order valence-electron chi connectivity index (χ2n) is 3.41. The summed E-state index contributed by atoms with van der Waals surface area (Å²) in [5, 5.41) is 13.9. The van der Waals surface area contributed by atoms with Crippen molar-refractivity contribution in [3.8, 4) is 0 Å². The zero-order valence-corrected chi connectivity index (χ0v) is 10.7. The Morgan fingerprint density at radius 1 is 1.59 bits per heavy atom. The second-order valence-corrected chi connectivity index (χ2v) is 4.13. The number of halogens is 1. The Balaban J connectivity index is 2.20. The molecular formula is C10H14BrN3O3. The summed E-state index contributed by atoms with van der Waals surface area (Å²) < 4.78 is 5.38. The Morgan fingerprint density at radius 2 is 2.35 bits per heavy atom. The number of nitrogens with two attached hydrogens (primary N) is 1. The van der Waals surface area contributed by atoms with Gasteiger partial charge in [-0.15, -0.1) is 0 Å². The summed E-state index contributed by atoms with van der Waals surface area (Å²) in [7, 11) is 0. The second kappa shape index (κ2) is 6.95. The fraction of sp³-hybridized carbons (Fsp3) is 0.400. The molecule has 94 valence electrons. The van der Waals surface area contributed by atoms with E-state index in [2.05, 4.69) is 26.4 Å². The lowest BCUT2D eigenvalue weighted by Crippen LogP contribution is -2.24. The van der Waals surface area contributed by atoms with E-state index in [1.807, 2.05) is 0 Å². The molecule has 0 aromatic carbocycles. The van der Waals surface area contributed by atoms with Gasteiger partial charge in [-0.2, -0.15) is 0 Å². The largest absolute Gasteiger partial charge is 0.457 e. The number of carbonyl (C=O) groups excluding carboxylic acids is 1. The number of hydrogen-bond donors (Lipinski definition) is 3. The molecule has 1 rings (SSSR count). The van der Waals surface area contributed by atoms with Crippen molar-refractivity contribution in [3.63, 3.8) is 0 Å². The van der Waals surface area contributed by atoms with E-state index in [0.29, 0.717) is 23.2 Å². The smallest absolute Gasteiger partial charge is 0.255 e. The predicted octanol–water partition coefficient (Wildman–Crippen LogP) is 1.69. The predicted molar refractivity (Wildman–Crippen MR) is 66.0 cm³/mol. The van der Waals surface area contributed by atoms with Gasteiger partial charge in [0.1, 0.15) is 5.84 Å². The van der Waals surface area contributed by atoms with Crippen LogP contribution in [-0.4, -0.2) is 23.5 Å². The van der Waals surface area contributed by atoms with Crippen LogP contribution in [0.4, 0.5) is 0 Å². The van der Waals surface area contributed by atoms with Gasteiger partial charge in [-0.3, -0.25) is 4.79 Å². The van der Waals surface area contributed by atoms with E-state index in [-0.39, 0.29) is 11.7 Å². The van der Waals surface area contributed by atoms with Crippen LogP contribution in [0.3, 0.4) is 0 Å². The van der Waals surface area contributed by atoms with E-state index in [4.69, 9.17) is 15.4 Å².